The Kier molecular flexibility index (Phi) is 6.04. The Bertz CT molecular complexity index is 893. The number of ether oxygens (including phenoxy) is 3. The average Bonchev–Trinajstić information content (AvgIpc) is 3.19. The molecule has 0 radical (unpaired) electrons. The molecule has 0 bridgehead atoms. The second-order valence-electron chi connectivity index (χ2n) is 5.69. The number of H-pyrrole nitrogens is 1. The topological polar surface area (TPSA) is 86.3 Å². The Morgan fingerprint density at radius 2 is 1.89 bits per heavy atom. The van der Waals surface area contributed by atoms with E-state index in [1.807, 2.05) is 18.2 Å². The number of rotatable bonds is 8. The Labute approximate surface area is 157 Å². The molecule has 1 N–H and O–H groups in total. The largest absolute Gasteiger partial charge is 0.493 e. The summed E-state index contributed by atoms with van der Waals surface area (Å²) in [5.41, 5.74) is 2.42. The molecule has 140 valence electrons. The van der Waals surface area contributed by atoms with E-state index in [1.54, 1.807) is 32.2 Å². The number of methoxy groups -OCH3 is 1. The minimum absolute atomic E-state index is 0.136. The van der Waals surface area contributed by atoms with Crippen LogP contribution >= 0.6 is 0 Å². The van der Waals surface area contributed by atoms with E-state index in [4.69, 9.17) is 14.2 Å². The fourth-order valence-corrected chi connectivity index (χ4v) is 2.63. The number of nitrogens with zero attached hydrogens (tertiary/aromatic N) is 2. The monoisotopic (exact) mass is 367 g/mol. The van der Waals surface area contributed by atoms with E-state index in [1.165, 1.54) is 5.56 Å². The number of benzene rings is 2. The van der Waals surface area contributed by atoms with Gasteiger partial charge in [0.15, 0.2) is 17.2 Å². The molecule has 0 fully saturated rings. The third kappa shape index (κ3) is 4.44. The summed E-state index contributed by atoms with van der Waals surface area (Å²) in [6.07, 6.45) is 0.794. The zero-order valence-corrected chi connectivity index (χ0v) is 15.3. The maximum Gasteiger partial charge on any atom is 0.361 e. The quantitative estimate of drug-likeness (QED) is 0.615. The van der Waals surface area contributed by atoms with Crippen LogP contribution in [0.15, 0.2) is 48.5 Å². The van der Waals surface area contributed by atoms with Gasteiger partial charge in [-0.3, -0.25) is 0 Å². The molecule has 0 amide bonds. The predicted molar refractivity (Wildman–Crippen MR) is 100.0 cm³/mol. The summed E-state index contributed by atoms with van der Waals surface area (Å²) in [4.78, 5) is 12.0. The van der Waals surface area contributed by atoms with E-state index in [9.17, 15) is 4.79 Å². The molecule has 7 heteroatoms. The molecule has 1 heterocycles. The van der Waals surface area contributed by atoms with Crippen LogP contribution < -0.4 is 9.47 Å². The smallest absolute Gasteiger partial charge is 0.361 e. The van der Waals surface area contributed by atoms with Gasteiger partial charge in [0, 0.05) is 12.0 Å². The van der Waals surface area contributed by atoms with Gasteiger partial charge in [0.05, 0.1) is 20.3 Å². The highest BCUT2D eigenvalue weighted by molar-refractivity contribution is 5.94. The number of hydrogen-bond acceptors (Lipinski definition) is 6. The maximum absolute atomic E-state index is 12.0. The summed E-state index contributed by atoms with van der Waals surface area (Å²) in [7, 11) is 1.57. The first-order valence-corrected chi connectivity index (χ1v) is 8.66. The van der Waals surface area contributed by atoms with E-state index in [0.29, 0.717) is 29.4 Å². The first kappa shape index (κ1) is 18.4. The highest BCUT2D eigenvalue weighted by atomic mass is 16.5. The number of carbonyl (C=O) groups is 1. The van der Waals surface area contributed by atoms with Crippen LogP contribution in [0.3, 0.4) is 0 Å². The number of carbonyl (C=O) groups excluding carboxylic acids is 1. The normalized spacial score (nSPS) is 10.4. The predicted octanol–water partition coefficient (Wildman–Crippen LogP) is 3.28. The Morgan fingerprint density at radius 3 is 2.63 bits per heavy atom. The zero-order valence-electron chi connectivity index (χ0n) is 15.3. The molecule has 0 aliphatic heterocycles. The van der Waals surface area contributed by atoms with Gasteiger partial charge in [0.1, 0.15) is 5.69 Å². The lowest BCUT2D eigenvalue weighted by molar-refractivity contribution is 0.0520. The Hall–Kier alpha value is -3.35. The van der Waals surface area contributed by atoms with E-state index < -0.39 is 5.97 Å². The molecule has 2 aromatic carbocycles. The minimum Gasteiger partial charge on any atom is -0.493 e. The van der Waals surface area contributed by atoms with E-state index in [0.717, 1.165) is 6.42 Å². The number of aromatic nitrogens is 3. The molecule has 27 heavy (non-hydrogen) atoms. The molecule has 0 aliphatic rings. The van der Waals surface area contributed by atoms with Crippen molar-refractivity contribution in [2.75, 3.05) is 20.3 Å². The van der Waals surface area contributed by atoms with Crippen LogP contribution in [-0.4, -0.2) is 41.7 Å². The Morgan fingerprint density at radius 1 is 1.07 bits per heavy atom. The Balaban J connectivity index is 1.75. The summed E-state index contributed by atoms with van der Waals surface area (Å²) in [6.45, 7) is 2.53. The van der Waals surface area contributed by atoms with Gasteiger partial charge >= 0.3 is 5.97 Å². The lowest BCUT2D eigenvalue weighted by Crippen LogP contribution is -2.07. The summed E-state index contributed by atoms with van der Waals surface area (Å²) >= 11 is 0. The first-order chi connectivity index (χ1) is 13.2. The third-order valence-electron chi connectivity index (χ3n) is 3.94. The van der Waals surface area contributed by atoms with Crippen LogP contribution in [0.2, 0.25) is 0 Å². The molecule has 3 aromatic rings. The fourth-order valence-electron chi connectivity index (χ4n) is 2.63. The van der Waals surface area contributed by atoms with Gasteiger partial charge in [-0.1, -0.05) is 30.3 Å². The fraction of sp³-hybridized carbons (Fsp3) is 0.250. The van der Waals surface area contributed by atoms with Crippen molar-refractivity contribution in [1.82, 2.24) is 15.4 Å². The summed E-state index contributed by atoms with van der Waals surface area (Å²) in [6, 6.07) is 15.5. The van der Waals surface area contributed by atoms with Gasteiger partial charge in [-0.2, -0.15) is 10.3 Å². The van der Waals surface area contributed by atoms with Crippen molar-refractivity contribution in [3.8, 4) is 22.8 Å². The van der Waals surface area contributed by atoms with Gasteiger partial charge < -0.3 is 14.2 Å². The summed E-state index contributed by atoms with van der Waals surface area (Å²) in [5.74, 6) is 0.653. The van der Waals surface area contributed by atoms with Crippen molar-refractivity contribution in [2.45, 2.75) is 13.3 Å². The molecule has 0 unspecified atom stereocenters. The number of hydrogen-bond donors (Lipinski definition) is 1. The summed E-state index contributed by atoms with van der Waals surface area (Å²) < 4.78 is 16.3. The highest BCUT2D eigenvalue weighted by Gasteiger charge is 2.20. The van der Waals surface area contributed by atoms with Crippen LogP contribution in [0.4, 0.5) is 0 Å². The second-order valence-corrected chi connectivity index (χ2v) is 5.69. The van der Waals surface area contributed by atoms with Crippen molar-refractivity contribution in [1.29, 1.82) is 0 Å². The van der Waals surface area contributed by atoms with Crippen molar-refractivity contribution in [2.24, 2.45) is 0 Å². The molecule has 1 aromatic heterocycles. The second kappa shape index (κ2) is 8.84. The number of esters is 1. The number of nitrogens with one attached hydrogen (secondary N) is 1. The standard InChI is InChI=1S/C20H21N3O4/c1-3-26-20(24)19-18(21-23-22-19)15-9-10-16(17(13-15)25-2)27-12-11-14-7-5-4-6-8-14/h4-10,13H,3,11-12H2,1-2H3,(H,21,22,23). The van der Waals surface area contributed by atoms with Crippen molar-refractivity contribution in [3.63, 3.8) is 0 Å². The molecule has 0 spiro atoms. The average molecular weight is 367 g/mol. The van der Waals surface area contributed by atoms with Crippen LogP contribution in [0, 0.1) is 0 Å². The maximum atomic E-state index is 12.0. The van der Waals surface area contributed by atoms with Gasteiger partial charge in [-0.25, -0.2) is 4.79 Å². The molecule has 0 saturated heterocycles. The molecule has 0 aliphatic carbocycles. The summed E-state index contributed by atoms with van der Waals surface area (Å²) in [5, 5.41) is 10.4. The van der Waals surface area contributed by atoms with Crippen LogP contribution in [0.25, 0.3) is 11.3 Å². The molecular weight excluding hydrogens is 346 g/mol. The van der Waals surface area contributed by atoms with Crippen LogP contribution in [0.1, 0.15) is 23.0 Å². The first-order valence-electron chi connectivity index (χ1n) is 8.66. The van der Waals surface area contributed by atoms with Crippen molar-refractivity contribution in [3.05, 3.63) is 59.8 Å². The molecule has 0 saturated carbocycles. The molecule has 3 rings (SSSR count). The van der Waals surface area contributed by atoms with Gasteiger partial charge in [-0.15, -0.1) is 5.10 Å². The van der Waals surface area contributed by atoms with Crippen LogP contribution in [-0.2, 0) is 11.2 Å². The van der Waals surface area contributed by atoms with E-state index >= 15 is 0 Å². The number of aromatic amines is 1. The lowest BCUT2D eigenvalue weighted by Gasteiger charge is -2.12. The van der Waals surface area contributed by atoms with Crippen molar-refractivity contribution >= 4 is 5.97 Å². The van der Waals surface area contributed by atoms with Gasteiger partial charge in [0.25, 0.3) is 0 Å². The molecule has 0 atom stereocenters. The lowest BCUT2D eigenvalue weighted by atomic mass is 10.1. The zero-order chi connectivity index (χ0) is 19.1. The van der Waals surface area contributed by atoms with E-state index in [-0.39, 0.29) is 12.3 Å². The third-order valence-corrected chi connectivity index (χ3v) is 3.94. The highest BCUT2D eigenvalue weighted by Crippen LogP contribution is 2.32. The molecular formula is C20H21N3O4. The SMILES string of the molecule is CCOC(=O)c1n[nH]nc1-c1ccc(OCCc2ccccc2)c(OC)c1. The van der Waals surface area contributed by atoms with Crippen LogP contribution in [0.5, 0.6) is 11.5 Å². The van der Waals surface area contributed by atoms with Gasteiger partial charge in [-0.05, 0) is 30.7 Å². The van der Waals surface area contributed by atoms with E-state index in [2.05, 4.69) is 27.5 Å². The van der Waals surface area contributed by atoms with Crippen molar-refractivity contribution < 1.29 is 19.0 Å². The molecule has 7 nitrogen and oxygen atoms in total. The van der Waals surface area contributed by atoms with Gasteiger partial charge in [0.2, 0.25) is 0 Å². The minimum atomic E-state index is -0.525.